The van der Waals surface area contributed by atoms with Crippen molar-refractivity contribution in [3.8, 4) is 0 Å². The van der Waals surface area contributed by atoms with Crippen LogP contribution in [-0.4, -0.2) is 72.5 Å². The van der Waals surface area contributed by atoms with Crippen LogP contribution >= 0.6 is 11.6 Å². The Morgan fingerprint density at radius 1 is 1.00 bits per heavy atom. The topological polar surface area (TPSA) is 121 Å². The molecule has 10 nitrogen and oxygen atoms in total. The second-order valence-corrected chi connectivity index (χ2v) is 10.8. The first-order valence-corrected chi connectivity index (χ1v) is 14.3. The first-order valence-electron chi connectivity index (χ1n) is 13.9. The molecular weight excluding hydrogens is 579 g/mol. The van der Waals surface area contributed by atoms with Crippen LogP contribution in [0.15, 0.2) is 65.8 Å². The first-order chi connectivity index (χ1) is 20.8. The van der Waals surface area contributed by atoms with Crippen molar-refractivity contribution in [3.63, 3.8) is 0 Å². The number of ether oxygens (including phenoxy) is 1. The number of carbonyl (C=O) groups excluding carboxylic acids is 2. The Morgan fingerprint density at radius 3 is 2.49 bits per heavy atom. The summed E-state index contributed by atoms with van der Waals surface area (Å²) in [5, 5.41) is 16.0. The lowest BCUT2D eigenvalue weighted by molar-refractivity contribution is -0.148. The number of hydrogen-bond donors (Lipinski definition) is 2. The van der Waals surface area contributed by atoms with Gasteiger partial charge in [0.15, 0.2) is 5.82 Å². The average molecular weight is 607 g/mol. The van der Waals surface area contributed by atoms with Gasteiger partial charge in [-0.15, -0.1) is 0 Å². The minimum absolute atomic E-state index is 0.0122. The molecular formula is C31H28ClFN4O6. The fourth-order valence-electron chi connectivity index (χ4n) is 5.76. The summed E-state index contributed by atoms with van der Waals surface area (Å²) < 4.78 is 20.2. The SMILES string of the molecule is O=C(O)c1ccc(NC(=O)[C@@H]2c3cccc(N4CCOCC4)c3CCN2C(=O)C2CC(c3cccc(Cl)c3F)=NO2)cc1. The van der Waals surface area contributed by atoms with E-state index in [-0.39, 0.29) is 34.8 Å². The Kier molecular flexibility index (Phi) is 8.00. The number of carbonyl (C=O) groups is 3. The third kappa shape index (κ3) is 5.65. The smallest absolute Gasteiger partial charge is 0.335 e. The van der Waals surface area contributed by atoms with Gasteiger partial charge in [-0.25, -0.2) is 9.18 Å². The maximum Gasteiger partial charge on any atom is 0.335 e. The van der Waals surface area contributed by atoms with E-state index in [1.165, 1.54) is 41.3 Å². The fourth-order valence-corrected chi connectivity index (χ4v) is 5.93. The van der Waals surface area contributed by atoms with E-state index >= 15 is 0 Å². The molecule has 1 unspecified atom stereocenters. The molecule has 0 spiro atoms. The number of carboxylic acids is 1. The van der Waals surface area contributed by atoms with Gasteiger partial charge in [-0.2, -0.15) is 0 Å². The maximum absolute atomic E-state index is 14.7. The molecule has 0 bridgehead atoms. The summed E-state index contributed by atoms with van der Waals surface area (Å²) in [4.78, 5) is 48.4. The predicted octanol–water partition coefficient (Wildman–Crippen LogP) is 4.27. The molecule has 1 fully saturated rings. The highest BCUT2D eigenvalue weighted by Crippen LogP contribution is 2.38. The lowest BCUT2D eigenvalue weighted by atomic mass is 9.89. The zero-order valence-corrected chi connectivity index (χ0v) is 23.7. The van der Waals surface area contributed by atoms with Gasteiger partial charge in [0.2, 0.25) is 6.10 Å². The van der Waals surface area contributed by atoms with E-state index in [2.05, 4.69) is 15.4 Å². The average Bonchev–Trinajstić information content (AvgIpc) is 3.52. The Morgan fingerprint density at radius 2 is 1.74 bits per heavy atom. The highest BCUT2D eigenvalue weighted by molar-refractivity contribution is 6.31. The van der Waals surface area contributed by atoms with E-state index in [1.807, 2.05) is 18.2 Å². The summed E-state index contributed by atoms with van der Waals surface area (Å²) in [7, 11) is 0. The molecule has 2 N–H and O–H groups in total. The molecule has 1 saturated heterocycles. The number of nitrogens with zero attached hydrogens (tertiary/aromatic N) is 3. The van der Waals surface area contributed by atoms with Gasteiger partial charge in [-0.3, -0.25) is 9.59 Å². The van der Waals surface area contributed by atoms with Crippen LogP contribution < -0.4 is 10.2 Å². The Balaban J connectivity index is 1.30. The van der Waals surface area contributed by atoms with Crippen LogP contribution in [0.4, 0.5) is 15.8 Å². The van der Waals surface area contributed by atoms with Gasteiger partial charge < -0.3 is 29.8 Å². The largest absolute Gasteiger partial charge is 0.478 e. The van der Waals surface area contributed by atoms with Crippen molar-refractivity contribution in [2.24, 2.45) is 5.16 Å². The van der Waals surface area contributed by atoms with Crippen molar-refractivity contribution in [1.29, 1.82) is 0 Å². The number of halogens is 2. The molecule has 3 heterocycles. The number of rotatable bonds is 6. The Bertz CT molecular complexity index is 1610. The van der Waals surface area contributed by atoms with Crippen molar-refractivity contribution in [2.45, 2.75) is 25.0 Å². The van der Waals surface area contributed by atoms with Crippen LogP contribution in [0.3, 0.4) is 0 Å². The number of fused-ring (bicyclic) bond motifs is 1. The zero-order chi connectivity index (χ0) is 30.1. The molecule has 3 aromatic carbocycles. The summed E-state index contributed by atoms with van der Waals surface area (Å²) in [6.45, 7) is 2.85. The normalized spacial score (nSPS) is 19.7. The van der Waals surface area contributed by atoms with Gasteiger partial charge in [0.1, 0.15) is 6.04 Å². The van der Waals surface area contributed by atoms with Crippen LogP contribution in [0.25, 0.3) is 0 Å². The molecule has 43 heavy (non-hydrogen) atoms. The molecule has 0 saturated carbocycles. The van der Waals surface area contributed by atoms with Gasteiger partial charge >= 0.3 is 5.97 Å². The van der Waals surface area contributed by atoms with Crippen LogP contribution in [0.5, 0.6) is 0 Å². The second-order valence-electron chi connectivity index (χ2n) is 10.4. The number of morpholine rings is 1. The van der Waals surface area contributed by atoms with Crippen molar-refractivity contribution in [2.75, 3.05) is 43.1 Å². The van der Waals surface area contributed by atoms with Crippen LogP contribution in [0.2, 0.25) is 5.02 Å². The molecule has 2 atom stereocenters. The van der Waals surface area contributed by atoms with Gasteiger partial charge in [0.25, 0.3) is 11.8 Å². The second kappa shape index (κ2) is 12.0. The maximum atomic E-state index is 14.7. The highest BCUT2D eigenvalue weighted by Gasteiger charge is 2.42. The molecule has 2 amide bonds. The van der Waals surface area contributed by atoms with Gasteiger partial charge in [-0.1, -0.05) is 35.0 Å². The Labute approximate surface area is 251 Å². The monoisotopic (exact) mass is 606 g/mol. The molecule has 0 aliphatic carbocycles. The van der Waals surface area contributed by atoms with Crippen LogP contribution in [0.1, 0.15) is 39.5 Å². The molecule has 6 rings (SSSR count). The number of aromatic carboxylic acids is 1. The number of carboxylic acid groups (broad SMARTS) is 1. The minimum Gasteiger partial charge on any atom is -0.478 e. The first kappa shape index (κ1) is 28.6. The van der Waals surface area contributed by atoms with E-state index in [1.54, 1.807) is 6.07 Å². The van der Waals surface area contributed by atoms with Gasteiger partial charge in [0, 0.05) is 43.0 Å². The summed E-state index contributed by atoms with van der Waals surface area (Å²) in [6.07, 6.45) is -0.532. The van der Waals surface area contributed by atoms with Crippen LogP contribution in [0, 0.1) is 5.82 Å². The highest BCUT2D eigenvalue weighted by atomic mass is 35.5. The summed E-state index contributed by atoms with van der Waals surface area (Å²) >= 11 is 5.94. The quantitative estimate of drug-likeness (QED) is 0.430. The molecule has 3 aliphatic rings. The van der Waals surface area contributed by atoms with E-state index in [4.69, 9.17) is 21.2 Å². The van der Waals surface area contributed by atoms with E-state index < -0.39 is 35.7 Å². The van der Waals surface area contributed by atoms with E-state index in [0.29, 0.717) is 44.0 Å². The summed E-state index contributed by atoms with van der Waals surface area (Å²) in [5.41, 5.74) is 3.53. The number of nitrogens with one attached hydrogen (secondary N) is 1. The third-order valence-corrected chi connectivity index (χ3v) is 8.18. The zero-order valence-electron chi connectivity index (χ0n) is 23.0. The molecule has 12 heteroatoms. The van der Waals surface area contributed by atoms with Crippen LogP contribution in [-0.2, 0) is 25.6 Å². The molecule has 0 radical (unpaired) electrons. The van der Waals surface area contributed by atoms with E-state index in [0.717, 1.165) is 11.3 Å². The fraction of sp³-hybridized carbons (Fsp3) is 0.290. The number of oxime groups is 1. The molecule has 222 valence electrons. The molecule has 3 aromatic rings. The third-order valence-electron chi connectivity index (χ3n) is 7.89. The van der Waals surface area contributed by atoms with E-state index in [9.17, 15) is 23.9 Å². The minimum atomic E-state index is -1.08. The molecule has 0 aromatic heterocycles. The lowest BCUT2D eigenvalue weighted by Gasteiger charge is -2.40. The number of amides is 2. The lowest BCUT2D eigenvalue weighted by Crippen LogP contribution is -2.49. The van der Waals surface area contributed by atoms with Gasteiger partial charge in [0.05, 0.1) is 29.5 Å². The number of anilines is 2. The van der Waals surface area contributed by atoms with Crippen molar-refractivity contribution < 1.29 is 33.5 Å². The van der Waals surface area contributed by atoms with Gasteiger partial charge in [-0.05, 0) is 60.0 Å². The molecule has 3 aliphatic heterocycles. The van der Waals surface area contributed by atoms with Crippen molar-refractivity contribution >= 4 is 46.5 Å². The van der Waals surface area contributed by atoms with Crippen molar-refractivity contribution in [1.82, 2.24) is 4.90 Å². The number of hydrogen-bond acceptors (Lipinski definition) is 7. The summed E-state index contributed by atoms with van der Waals surface area (Å²) in [6, 6.07) is 15.1. The number of benzene rings is 3. The predicted molar refractivity (Wildman–Crippen MR) is 157 cm³/mol. The summed E-state index contributed by atoms with van der Waals surface area (Å²) in [5.74, 6) is -2.64. The Hall–Kier alpha value is -4.48. The van der Waals surface area contributed by atoms with Crippen molar-refractivity contribution in [3.05, 3.63) is 93.8 Å². The standard InChI is InChI=1S/C31H28ClFN4O6/c32-23-5-1-4-22(27(23)33)24-17-26(43-35-24)30(39)37-12-11-20-21(3-2-6-25(20)36-13-15-42-16-14-36)28(37)29(38)34-19-9-7-18(8-10-19)31(40)41/h1-10,26,28H,11-17H2,(H,34,38)(H,40,41)/t26?,28-/m0/s1.